The second-order valence-corrected chi connectivity index (χ2v) is 6.71. The van der Waals surface area contributed by atoms with Crippen molar-refractivity contribution < 1.29 is 19.1 Å². The number of furan rings is 1. The Balaban J connectivity index is 1.66. The number of aliphatic hydroxyl groups is 1. The molecule has 0 saturated heterocycles. The second-order valence-electron chi connectivity index (χ2n) is 6.30. The first-order valence-corrected chi connectivity index (χ1v) is 9.52. The molecular weight excluding hydrogens is 378 g/mol. The molecule has 0 aliphatic heterocycles. The standard InChI is InChI=1S/C22H22ClNO4/c1-2-3-12-27-17-7-4-15(5-8-17)22(26)24-16-6-10-19(20(23)13-16)21-11-9-18(14-25)28-21/h4-11,13,25H,2-3,12,14H2,1H3,(H,24,26). The smallest absolute Gasteiger partial charge is 0.255 e. The van der Waals surface area contributed by atoms with Gasteiger partial charge in [0.05, 0.1) is 11.6 Å². The van der Waals surface area contributed by atoms with Crippen LogP contribution in [0.3, 0.4) is 0 Å². The lowest BCUT2D eigenvalue weighted by Gasteiger charge is -2.09. The molecule has 1 heterocycles. The number of aliphatic hydroxyl groups excluding tert-OH is 1. The summed E-state index contributed by atoms with van der Waals surface area (Å²) in [6.07, 6.45) is 2.07. The first-order valence-electron chi connectivity index (χ1n) is 9.14. The highest BCUT2D eigenvalue weighted by Gasteiger charge is 2.11. The van der Waals surface area contributed by atoms with E-state index in [9.17, 15) is 4.79 Å². The van der Waals surface area contributed by atoms with E-state index < -0.39 is 0 Å². The molecule has 1 aromatic heterocycles. The molecule has 0 radical (unpaired) electrons. The average molecular weight is 400 g/mol. The first kappa shape index (κ1) is 20.0. The summed E-state index contributed by atoms with van der Waals surface area (Å²) in [5.74, 6) is 1.54. The molecule has 28 heavy (non-hydrogen) atoms. The summed E-state index contributed by atoms with van der Waals surface area (Å²) in [4.78, 5) is 12.5. The maximum atomic E-state index is 12.5. The van der Waals surface area contributed by atoms with Gasteiger partial charge < -0.3 is 19.6 Å². The number of rotatable bonds is 8. The zero-order valence-corrected chi connectivity index (χ0v) is 16.3. The van der Waals surface area contributed by atoms with Crippen LogP contribution in [0, 0.1) is 0 Å². The maximum absolute atomic E-state index is 12.5. The van der Waals surface area contributed by atoms with Crippen molar-refractivity contribution in [1.29, 1.82) is 0 Å². The molecule has 1 amide bonds. The molecular formula is C22H22ClNO4. The van der Waals surface area contributed by atoms with Crippen LogP contribution in [0.2, 0.25) is 5.02 Å². The number of benzene rings is 2. The normalized spacial score (nSPS) is 10.7. The molecule has 6 heteroatoms. The summed E-state index contributed by atoms with van der Waals surface area (Å²) in [7, 11) is 0. The lowest BCUT2D eigenvalue weighted by Crippen LogP contribution is -2.11. The van der Waals surface area contributed by atoms with E-state index in [1.807, 2.05) is 0 Å². The maximum Gasteiger partial charge on any atom is 0.255 e. The number of halogens is 1. The zero-order valence-electron chi connectivity index (χ0n) is 15.6. The third-order valence-corrected chi connectivity index (χ3v) is 4.51. The van der Waals surface area contributed by atoms with Gasteiger partial charge in [-0.25, -0.2) is 0 Å². The molecule has 0 aliphatic rings. The Morgan fingerprint density at radius 2 is 1.93 bits per heavy atom. The fourth-order valence-corrected chi connectivity index (χ4v) is 2.91. The van der Waals surface area contributed by atoms with E-state index in [-0.39, 0.29) is 12.5 Å². The highest BCUT2D eigenvalue weighted by Crippen LogP contribution is 2.31. The molecule has 146 valence electrons. The third-order valence-electron chi connectivity index (χ3n) is 4.19. The van der Waals surface area contributed by atoms with Gasteiger partial charge in [0.2, 0.25) is 0 Å². The molecule has 0 aliphatic carbocycles. The molecule has 5 nitrogen and oxygen atoms in total. The largest absolute Gasteiger partial charge is 0.494 e. The number of carbonyl (C=O) groups excluding carboxylic acids is 1. The quantitative estimate of drug-likeness (QED) is 0.489. The summed E-state index contributed by atoms with van der Waals surface area (Å²) in [5, 5.41) is 12.4. The van der Waals surface area contributed by atoms with E-state index in [4.69, 9.17) is 25.9 Å². The predicted molar refractivity (Wildman–Crippen MR) is 110 cm³/mol. The summed E-state index contributed by atoms with van der Waals surface area (Å²) >= 11 is 6.34. The van der Waals surface area contributed by atoms with Crippen LogP contribution in [0.4, 0.5) is 5.69 Å². The molecule has 0 fully saturated rings. The highest BCUT2D eigenvalue weighted by molar-refractivity contribution is 6.33. The van der Waals surface area contributed by atoms with Crippen molar-refractivity contribution >= 4 is 23.2 Å². The molecule has 0 saturated carbocycles. The molecule has 0 spiro atoms. The molecule has 2 aromatic carbocycles. The Morgan fingerprint density at radius 3 is 2.57 bits per heavy atom. The zero-order chi connectivity index (χ0) is 19.9. The van der Waals surface area contributed by atoms with Crippen molar-refractivity contribution in [3.8, 4) is 17.1 Å². The number of amides is 1. The Hall–Kier alpha value is -2.76. The average Bonchev–Trinajstić information content (AvgIpc) is 3.18. The van der Waals surface area contributed by atoms with Gasteiger partial charge in [0.15, 0.2) is 0 Å². The van der Waals surface area contributed by atoms with E-state index in [0.29, 0.717) is 40.0 Å². The minimum absolute atomic E-state index is 0.172. The number of hydrogen-bond donors (Lipinski definition) is 2. The number of ether oxygens (including phenoxy) is 1. The molecule has 2 N–H and O–H groups in total. The van der Waals surface area contributed by atoms with Crippen molar-refractivity contribution in [2.24, 2.45) is 0 Å². The highest BCUT2D eigenvalue weighted by atomic mass is 35.5. The summed E-state index contributed by atoms with van der Waals surface area (Å²) in [6.45, 7) is 2.60. The Bertz CT molecular complexity index is 934. The van der Waals surface area contributed by atoms with Crippen LogP contribution >= 0.6 is 11.6 Å². The summed E-state index contributed by atoms with van der Waals surface area (Å²) in [6, 6.07) is 15.7. The second kappa shape index (κ2) is 9.44. The SMILES string of the molecule is CCCCOc1ccc(C(=O)Nc2ccc(-c3ccc(CO)o3)c(Cl)c2)cc1. The van der Waals surface area contributed by atoms with Gasteiger partial charge in [-0.1, -0.05) is 24.9 Å². The molecule has 0 bridgehead atoms. The fraction of sp³-hybridized carbons (Fsp3) is 0.227. The van der Waals surface area contributed by atoms with Gasteiger partial charge in [-0.15, -0.1) is 0 Å². The fourth-order valence-electron chi connectivity index (χ4n) is 2.64. The minimum Gasteiger partial charge on any atom is -0.494 e. The van der Waals surface area contributed by atoms with Crippen LogP contribution in [-0.2, 0) is 6.61 Å². The number of unbranched alkanes of at least 4 members (excludes halogenated alkanes) is 1. The van der Waals surface area contributed by atoms with Crippen LogP contribution in [0.25, 0.3) is 11.3 Å². The molecule has 0 atom stereocenters. The molecule has 3 rings (SSSR count). The van der Waals surface area contributed by atoms with Gasteiger partial charge in [0.25, 0.3) is 5.91 Å². The van der Waals surface area contributed by atoms with Gasteiger partial charge in [0.1, 0.15) is 23.9 Å². The Labute approximate surface area is 168 Å². The van der Waals surface area contributed by atoms with E-state index in [0.717, 1.165) is 18.6 Å². The van der Waals surface area contributed by atoms with Crippen molar-refractivity contribution in [3.63, 3.8) is 0 Å². The molecule has 3 aromatic rings. The van der Waals surface area contributed by atoms with E-state index in [1.165, 1.54) is 0 Å². The van der Waals surface area contributed by atoms with Gasteiger partial charge in [-0.2, -0.15) is 0 Å². The first-order chi connectivity index (χ1) is 13.6. The van der Waals surface area contributed by atoms with E-state index in [1.54, 1.807) is 54.6 Å². The van der Waals surface area contributed by atoms with Crippen molar-refractivity contribution in [2.45, 2.75) is 26.4 Å². The molecule has 0 unspecified atom stereocenters. The lowest BCUT2D eigenvalue weighted by atomic mass is 10.1. The van der Waals surface area contributed by atoms with Gasteiger partial charge >= 0.3 is 0 Å². The van der Waals surface area contributed by atoms with Gasteiger partial charge in [0, 0.05) is 16.8 Å². The van der Waals surface area contributed by atoms with Crippen LogP contribution in [0.15, 0.2) is 59.0 Å². The summed E-state index contributed by atoms with van der Waals surface area (Å²) in [5.41, 5.74) is 1.80. The van der Waals surface area contributed by atoms with Crippen LogP contribution in [0.5, 0.6) is 5.75 Å². The van der Waals surface area contributed by atoms with Crippen LogP contribution in [0.1, 0.15) is 35.9 Å². The van der Waals surface area contributed by atoms with Crippen molar-refractivity contribution in [3.05, 3.63) is 70.9 Å². The minimum atomic E-state index is -0.232. The number of nitrogens with one attached hydrogen (secondary N) is 1. The topological polar surface area (TPSA) is 71.7 Å². The van der Waals surface area contributed by atoms with Crippen molar-refractivity contribution in [2.75, 3.05) is 11.9 Å². The number of anilines is 1. The number of carbonyl (C=O) groups is 1. The Morgan fingerprint density at radius 1 is 1.14 bits per heavy atom. The van der Waals surface area contributed by atoms with Crippen LogP contribution < -0.4 is 10.1 Å². The monoisotopic (exact) mass is 399 g/mol. The lowest BCUT2D eigenvalue weighted by molar-refractivity contribution is 0.102. The van der Waals surface area contributed by atoms with Crippen LogP contribution in [-0.4, -0.2) is 17.6 Å². The van der Waals surface area contributed by atoms with Gasteiger partial charge in [-0.05, 0) is 61.0 Å². The van der Waals surface area contributed by atoms with E-state index in [2.05, 4.69) is 12.2 Å². The van der Waals surface area contributed by atoms with Crippen molar-refractivity contribution in [1.82, 2.24) is 0 Å². The number of hydrogen-bond acceptors (Lipinski definition) is 4. The third kappa shape index (κ3) is 4.94. The van der Waals surface area contributed by atoms with E-state index >= 15 is 0 Å². The Kier molecular flexibility index (Phi) is 6.74. The summed E-state index contributed by atoms with van der Waals surface area (Å²) < 4.78 is 11.1. The van der Waals surface area contributed by atoms with Gasteiger partial charge in [-0.3, -0.25) is 4.79 Å². The predicted octanol–water partition coefficient (Wildman–Crippen LogP) is 5.52.